The normalized spacial score (nSPS) is 12.1. The van der Waals surface area contributed by atoms with Crippen molar-refractivity contribution in [1.29, 1.82) is 0 Å². The zero-order chi connectivity index (χ0) is 19.4. The Kier molecular flexibility index (Phi) is 5.54. The van der Waals surface area contributed by atoms with Crippen LogP contribution < -0.4 is 5.32 Å². The molecule has 0 aliphatic carbocycles. The van der Waals surface area contributed by atoms with Crippen molar-refractivity contribution in [2.24, 2.45) is 0 Å². The van der Waals surface area contributed by atoms with E-state index in [9.17, 15) is 9.59 Å². The average molecular weight is 366 g/mol. The molecule has 1 aromatic carbocycles. The van der Waals surface area contributed by atoms with Crippen molar-refractivity contribution in [3.8, 4) is 0 Å². The Morgan fingerprint density at radius 3 is 2.63 bits per heavy atom. The van der Waals surface area contributed by atoms with Crippen LogP contribution in [0.5, 0.6) is 0 Å². The van der Waals surface area contributed by atoms with Crippen molar-refractivity contribution < 1.29 is 18.7 Å². The van der Waals surface area contributed by atoms with E-state index < -0.39 is 12.1 Å². The molecule has 0 spiro atoms. The number of esters is 1. The summed E-state index contributed by atoms with van der Waals surface area (Å²) in [5.74, 6) is -0.142. The molecule has 0 aliphatic rings. The van der Waals surface area contributed by atoms with Gasteiger partial charge in [-0.3, -0.25) is 9.78 Å². The first-order chi connectivity index (χ1) is 13.0. The molecule has 140 valence electrons. The van der Waals surface area contributed by atoms with E-state index in [4.69, 9.17) is 9.15 Å². The fourth-order valence-electron chi connectivity index (χ4n) is 2.67. The number of amides is 1. The zero-order valence-corrected chi connectivity index (χ0v) is 15.6. The number of hydrogen-bond acceptors (Lipinski definition) is 5. The van der Waals surface area contributed by atoms with E-state index in [-0.39, 0.29) is 18.4 Å². The molecule has 1 N–H and O–H groups in total. The largest absolute Gasteiger partial charge is 0.467 e. The maximum atomic E-state index is 12.7. The predicted octanol–water partition coefficient (Wildman–Crippen LogP) is 3.81. The summed E-state index contributed by atoms with van der Waals surface area (Å²) in [6.07, 6.45) is 0.605. The van der Waals surface area contributed by atoms with Gasteiger partial charge in [0.05, 0.1) is 23.9 Å². The molecule has 27 heavy (non-hydrogen) atoms. The number of furan rings is 1. The number of fused-ring (bicyclic) bond motifs is 1. The Labute approximate surface area is 157 Å². The van der Waals surface area contributed by atoms with Crippen LogP contribution >= 0.6 is 0 Å². The van der Waals surface area contributed by atoms with Crippen molar-refractivity contribution in [3.63, 3.8) is 0 Å². The molecule has 0 saturated carbocycles. The minimum Gasteiger partial charge on any atom is -0.467 e. The number of hydrogen-bond donors (Lipinski definition) is 1. The van der Waals surface area contributed by atoms with Gasteiger partial charge in [-0.2, -0.15) is 0 Å². The van der Waals surface area contributed by atoms with Gasteiger partial charge in [-0.25, -0.2) is 4.79 Å². The van der Waals surface area contributed by atoms with Gasteiger partial charge >= 0.3 is 5.97 Å². The maximum Gasteiger partial charge on any atom is 0.339 e. The quantitative estimate of drug-likeness (QED) is 0.671. The first-order valence-corrected chi connectivity index (χ1v) is 8.86. The number of aromatic nitrogens is 1. The van der Waals surface area contributed by atoms with Crippen LogP contribution in [0.1, 0.15) is 48.5 Å². The minimum atomic E-state index is -0.929. The van der Waals surface area contributed by atoms with E-state index in [0.717, 1.165) is 11.2 Å². The Bertz CT molecular complexity index is 948. The fourth-order valence-corrected chi connectivity index (χ4v) is 2.67. The second-order valence-electron chi connectivity index (χ2n) is 6.61. The number of para-hydroxylation sites is 1. The third kappa shape index (κ3) is 4.34. The number of nitrogens with one attached hydrogen (secondary N) is 1. The molecule has 0 fully saturated rings. The van der Waals surface area contributed by atoms with Gasteiger partial charge in [0, 0.05) is 11.1 Å². The van der Waals surface area contributed by atoms with Crippen LogP contribution in [-0.4, -0.2) is 23.0 Å². The Hall–Kier alpha value is -3.15. The first-order valence-electron chi connectivity index (χ1n) is 8.86. The van der Waals surface area contributed by atoms with E-state index in [1.165, 1.54) is 6.26 Å². The molecule has 0 saturated heterocycles. The molecule has 0 aliphatic heterocycles. The number of nitrogens with zero attached hydrogens (tertiary/aromatic N) is 1. The molecule has 1 atom stereocenters. The van der Waals surface area contributed by atoms with Crippen LogP contribution in [0.15, 0.2) is 53.1 Å². The van der Waals surface area contributed by atoms with E-state index in [1.54, 1.807) is 25.1 Å². The van der Waals surface area contributed by atoms with Crippen LogP contribution in [0.25, 0.3) is 10.9 Å². The van der Waals surface area contributed by atoms with Gasteiger partial charge in [0.15, 0.2) is 6.10 Å². The van der Waals surface area contributed by atoms with Gasteiger partial charge in [-0.15, -0.1) is 0 Å². The summed E-state index contributed by atoms with van der Waals surface area (Å²) in [6, 6.07) is 12.6. The third-order valence-electron chi connectivity index (χ3n) is 4.22. The van der Waals surface area contributed by atoms with Crippen LogP contribution in [0.2, 0.25) is 0 Å². The van der Waals surface area contributed by atoms with E-state index in [0.29, 0.717) is 16.7 Å². The Balaban J connectivity index is 1.76. The highest BCUT2D eigenvalue weighted by atomic mass is 16.5. The van der Waals surface area contributed by atoms with Crippen molar-refractivity contribution >= 4 is 22.8 Å². The van der Waals surface area contributed by atoms with Crippen LogP contribution in [0.3, 0.4) is 0 Å². The highest BCUT2D eigenvalue weighted by molar-refractivity contribution is 6.04. The SMILES string of the molecule is CC(C)c1cc(C(=O)O[C@@H](C)C(=O)NCc2ccco2)c2ccccc2n1. The van der Waals surface area contributed by atoms with Gasteiger partial charge in [0.2, 0.25) is 0 Å². The number of benzene rings is 1. The van der Waals surface area contributed by atoms with E-state index in [1.807, 2.05) is 38.1 Å². The molecule has 3 rings (SSSR count). The molecule has 0 bridgehead atoms. The monoisotopic (exact) mass is 366 g/mol. The smallest absolute Gasteiger partial charge is 0.339 e. The number of carbonyl (C=O) groups is 2. The van der Waals surface area contributed by atoms with Gasteiger partial charge < -0.3 is 14.5 Å². The molecule has 2 aromatic heterocycles. The zero-order valence-electron chi connectivity index (χ0n) is 15.6. The highest BCUT2D eigenvalue weighted by Gasteiger charge is 2.21. The summed E-state index contributed by atoms with van der Waals surface area (Å²) >= 11 is 0. The summed E-state index contributed by atoms with van der Waals surface area (Å²) in [6.45, 7) is 5.80. The van der Waals surface area contributed by atoms with E-state index >= 15 is 0 Å². The molecular formula is C21H22N2O4. The average Bonchev–Trinajstić information content (AvgIpc) is 3.18. The molecular weight excluding hydrogens is 344 g/mol. The molecule has 6 nitrogen and oxygen atoms in total. The standard InChI is InChI=1S/C21H22N2O4/c1-13(2)19-11-17(16-8-4-5-9-18(16)23-19)21(25)27-14(3)20(24)22-12-15-7-6-10-26-15/h4-11,13-14H,12H2,1-3H3,(H,22,24)/t14-/m0/s1. The number of carbonyl (C=O) groups excluding carboxylic acids is 2. The lowest BCUT2D eigenvalue weighted by Gasteiger charge is -2.15. The van der Waals surface area contributed by atoms with Crippen molar-refractivity contribution in [3.05, 3.63) is 65.7 Å². The molecule has 0 radical (unpaired) electrons. The fraction of sp³-hybridized carbons (Fsp3) is 0.286. The maximum absolute atomic E-state index is 12.7. The summed E-state index contributed by atoms with van der Waals surface area (Å²) < 4.78 is 10.6. The van der Waals surface area contributed by atoms with Gasteiger partial charge in [0.25, 0.3) is 5.91 Å². The van der Waals surface area contributed by atoms with Crippen molar-refractivity contribution in [2.75, 3.05) is 0 Å². The molecule has 6 heteroatoms. The molecule has 2 heterocycles. The second-order valence-corrected chi connectivity index (χ2v) is 6.61. The topological polar surface area (TPSA) is 81.4 Å². The number of rotatable bonds is 6. The predicted molar refractivity (Wildman–Crippen MR) is 101 cm³/mol. The summed E-state index contributed by atoms with van der Waals surface area (Å²) in [7, 11) is 0. The first kappa shape index (κ1) is 18.6. The Morgan fingerprint density at radius 1 is 1.15 bits per heavy atom. The molecule has 3 aromatic rings. The summed E-state index contributed by atoms with van der Waals surface area (Å²) in [4.78, 5) is 29.5. The van der Waals surface area contributed by atoms with Gasteiger partial charge in [0.1, 0.15) is 5.76 Å². The van der Waals surface area contributed by atoms with Crippen molar-refractivity contribution in [2.45, 2.75) is 39.3 Å². The summed E-state index contributed by atoms with van der Waals surface area (Å²) in [5.41, 5.74) is 1.94. The third-order valence-corrected chi connectivity index (χ3v) is 4.22. The lowest BCUT2D eigenvalue weighted by atomic mass is 10.0. The van der Waals surface area contributed by atoms with Crippen LogP contribution in [0.4, 0.5) is 0 Å². The molecule has 0 unspecified atom stereocenters. The number of pyridine rings is 1. The minimum absolute atomic E-state index is 0.162. The second kappa shape index (κ2) is 8.03. The number of ether oxygens (including phenoxy) is 1. The van der Waals surface area contributed by atoms with Gasteiger partial charge in [-0.1, -0.05) is 32.0 Å². The van der Waals surface area contributed by atoms with E-state index in [2.05, 4.69) is 10.3 Å². The molecule has 1 amide bonds. The highest BCUT2D eigenvalue weighted by Crippen LogP contribution is 2.23. The van der Waals surface area contributed by atoms with Crippen LogP contribution in [-0.2, 0) is 16.1 Å². The van der Waals surface area contributed by atoms with Gasteiger partial charge in [-0.05, 0) is 37.1 Å². The lowest BCUT2D eigenvalue weighted by molar-refractivity contribution is -0.129. The lowest BCUT2D eigenvalue weighted by Crippen LogP contribution is -2.35. The van der Waals surface area contributed by atoms with Crippen LogP contribution in [0, 0.1) is 0 Å². The Morgan fingerprint density at radius 2 is 1.93 bits per heavy atom. The summed E-state index contributed by atoms with van der Waals surface area (Å²) in [5, 5.41) is 3.39. The van der Waals surface area contributed by atoms with Crippen molar-refractivity contribution in [1.82, 2.24) is 10.3 Å².